The Morgan fingerprint density at radius 1 is 1.29 bits per heavy atom. The third kappa shape index (κ3) is 2.61. The number of nitrogens with zero attached hydrogens (tertiary/aromatic N) is 1. The van der Waals surface area contributed by atoms with Gasteiger partial charge >= 0.3 is 0 Å². The van der Waals surface area contributed by atoms with Crippen molar-refractivity contribution < 1.29 is 5.11 Å². The molecule has 3 nitrogen and oxygen atoms in total. The normalized spacial score (nSPS) is 20.4. The molecule has 1 aromatic carbocycles. The van der Waals surface area contributed by atoms with Gasteiger partial charge < -0.3 is 10.8 Å². The number of hydrogen-bond donors (Lipinski definition) is 2. The van der Waals surface area contributed by atoms with Crippen LogP contribution in [0, 0.1) is 0 Å². The van der Waals surface area contributed by atoms with Gasteiger partial charge in [-0.3, -0.25) is 4.90 Å². The van der Waals surface area contributed by atoms with E-state index in [1.54, 1.807) is 6.07 Å². The first-order chi connectivity index (χ1) is 8.15. The lowest BCUT2D eigenvalue weighted by Gasteiger charge is -2.38. The van der Waals surface area contributed by atoms with Crippen LogP contribution < -0.4 is 5.73 Å². The first kappa shape index (κ1) is 12.4. The zero-order valence-corrected chi connectivity index (χ0v) is 10.5. The summed E-state index contributed by atoms with van der Waals surface area (Å²) in [5.74, 6) is 0.381. The molecule has 0 amide bonds. The number of phenolic OH excluding ortho intramolecular Hbond substituents is 1. The van der Waals surface area contributed by atoms with E-state index in [1.165, 1.54) is 12.8 Å². The molecular formula is C14H22N2O. The molecule has 1 aromatic rings. The molecule has 0 saturated carbocycles. The molecule has 3 heteroatoms. The van der Waals surface area contributed by atoms with Crippen molar-refractivity contribution >= 4 is 0 Å². The van der Waals surface area contributed by atoms with E-state index in [0.29, 0.717) is 12.3 Å². The molecule has 0 radical (unpaired) electrons. The summed E-state index contributed by atoms with van der Waals surface area (Å²) in [7, 11) is 0. The number of nitrogens with two attached hydrogens (primary N) is 1. The maximum atomic E-state index is 9.85. The molecule has 1 fully saturated rings. The number of para-hydroxylation sites is 1. The van der Waals surface area contributed by atoms with E-state index in [4.69, 9.17) is 5.73 Å². The molecule has 0 aliphatic carbocycles. The summed E-state index contributed by atoms with van der Waals surface area (Å²) in [4.78, 5) is 2.46. The Morgan fingerprint density at radius 3 is 2.53 bits per heavy atom. The van der Waals surface area contributed by atoms with Gasteiger partial charge in [0, 0.05) is 12.1 Å². The van der Waals surface area contributed by atoms with Crippen LogP contribution in [0.1, 0.15) is 25.3 Å². The third-order valence-electron chi connectivity index (χ3n) is 3.87. The predicted octanol–water partition coefficient (Wildman–Crippen LogP) is 1.75. The molecule has 1 saturated heterocycles. The lowest BCUT2D eigenvalue weighted by molar-refractivity contribution is 0.142. The smallest absolute Gasteiger partial charge is 0.118 e. The molecule has 17 heavy (non-hydrogen) atoms. The lowest BCUT2D eigenvalue weighted by atomic mass is 9.90. The van der Waals surface area contributed by atoms with Crippen LogP contribution in [0.2, 0.25) is 0 Å². The van der Waals surface area contributed by atoms with Gasteiger partial charge in [0.05, 0.1) is 0 Å². The maximum absolute atomic E-state index is 9.85. The second-order valence-corrected chi connectivity index (χ2v) is 5.20. The zero-order chi connectivity index (χ0) is 12.3. The summed E-state index contributed by atoms with van der Waals surface area (Å²) in [6.07, 6.45) is 3.34. The summed E-state index contributed by atoms with van der Waals surface area (Å²) in [5.41, 5.74) is 6.92. The van der Waals surface area contributed by atoms with E-state index in [-0.39, 0.29) is 5.54 Å². The Balaban J connectivity index is 2.16. The summed E-state index contributed by atoms with van der Waals surface area (Å²) in [6.45, 7) is 5.08. The van der Waals surface area contributed by atoms with Crippen molar-refractivity contribution in [1.82, 2.24) is 4.90 Å². The first-order valence-corrected chi connectivity index (χ1v) is 6.38. The Hall–Kier alpha value is -1.06. The second-order valence-electron chi connectivity index (χ2n) is 5.20. The van der Waals surface area contributed by atoms with Crippen LogP contribution in [0.15, 0.2) is 24.3 Å². The van der Waals surface area contributed by atoms with Crippen molar-refractivity contribution in [2.24, 2.45) is 5.73 Å². The molecule has 0 aromatic heterocycles. The standard InChI is InChI=1S/C14H22N2O/c1-14(11-15,16-8-4-5-9-16)10-12-6-2-3-7-13(12)17/h2-3,6-7,17H,4-5,8-11,15H2,1H3. The van der Waals surface area contributed by atoms with Crippen LogP contribution in [-0.2, 0) is 6.42 Å². The molecular weight excluding hydrogens is 212 g/mol. The fraction of sp³-hybridized carbons (Fsp3) is 0.571. The summed E-state index contributed by atoms with van der Waals surface area (Å²) < 4.78 is 0. The average Bonchev–Trinajstić information content (AvgIpc) is 2.86. The number of rotatable bonds is 4. The molecule has 94 valence electrons. The van der Waals surface area contributed by atoms with E-state index < -0.39 is 0 Å². The molecule has 2 rings (SSSR count). The predicted molar refractivity (Wildman–Crippen MR) is 70.1 cm³/mol. The quantitative estimate of drug-likeness (QED) is 0.834. The minimum absolute atomic E-state index is 0.0324. The molecule has 3 N–H and O–H groups in total. The van der Waals surface area contributed by atoms with Gasteiger partial charge in [-0.1, -0.05) is 18.2 Å². The van der Waals surface area contributed by atoms with Crippen molar-refractivity contribution in [3.8, 4) is 5.75 Å². The third-order valence-corrected chi connectivity index (χ3v) is 3.87. The minimum Gasteiger partial charge on any atom is -0.508 e. The molecule has 1 unspecified atom stereocenters. The summed E-state index contributed by atoms with van der Waals surface area (Å²) >= 11 is 0. The molecule has 1 atom stereocenters. The Bertz CT molecular complexity index is 374. The summed E-state index contributed by atoms with van der Waals surface area (Å²) in [6, 6.07) is 7.56. The lowest BCUT2D eigenvalue weighted by Crippen LogP contribution is -2.51. The number of phenols is 1. The van der Waals surface area contributed by atoms with Crippen molar-refractivity contribution in [3.63, 3.8) is 0 Å². The topological polar surface area (TPSA) is 49.5 Å². The van der Waals surface area contributed by atoms with Gasteiger partial charge in [0.1, 0.15) is 5.75 Å². The van der Waals surface area contributed by atoms with Crippen LogP contribution in [0.5, 0.6) is 5.75 Å². The fourth-order valence-corrected chi connectivity index (χ4v) is 2.64. The molecule has 1 aliphatic rings. The van der Waals surface area contributed by atoms with Crippen LogP contribution in [0.25, 0.3) is 0 Å². The van der Waals surface area contributed by atoms with Gasteiger partial charge in [-0.15, -0.1) is 0 Å². The van der Waals surface area contributed by atoms with E-state index >= 15 is 0 Å². The monoisotopic (exact) mass is 234 g/mol. The number of hydrogen-bond acceptors (Lipinski definition) is 3. The maximum Gasteiger partial charge on any atom is 0.118 e. The second kappa shape index (κ2) is 5.07. The fourth-order valence-electron chi connectivity index (χ4n) is 2.64. The average molecular weight is 234 g/mol. The Labute approximate surface area is 103 Å². The molecule has 0 bridgehead atoms. The van der Waals surface area contributed by atoms with Gasteiger partial charge in [0.2, 0.25) is 0 Å². The Kier molecular flexibility index (Phi) is 3.69. The molecule has 1 heterocycles. The number of aromatic hydroxyl groups is 1. The number of likely N-dealkylation sites (tertiary alicyclic amines) is 1. The van der Waals surface area contributed by atoms with Gasteiger partial charge in [0.25, 0.3) is 0 Å². The van der Waals surface area contributed by atoms with Crippen molar-refractivity contribution in [3.05, 3.63) is 29.8 Å². The zero-order valence-electron chi connectivity index (χ0n) is 10.5. The van der Waals surface area contributed by atoms with Crippen molar-refractivity contribution in [1.29, 1.82) is 0 Å². The van der Waals surface area contributed by atoms with Crippen LogP contribution in [-0.4, -0.2) is 35.2 Å². The van der Waals surface area contributed by atoms with Crippen LogP contribution in [0.4, 0.5) is 0 Å². The highest BCUT2D eigenvalue weighted by atomic mass is 16.3. The van der Waals surface area contributed by atoms with Gasteiger partial charge in [-0.2, -0.15) is 0 Å². The molecule has 1 aliphatic heterocycles. The minimum atomic E-state index is -0.0324. The highest BCUT2D eigenvalue weighted by molar-refractivity contribution is 5.33. The summed E-state index contributed by atoms with van der Waals surface area (Å²) in [5, 5.41) is 9.85. The largest absolute Gasteiger partial charge is 0.508 e. The van der Waals surface area contributed by atoms with E-state index in [9.17, 15) is 5.11 Å². The van der Waals surface area contributed by atoms with Crippen molar-refractivity contribution in [2.45, 2.75) is 31.7 Å². The van der Waals surface area contributed by atoms with E-state index in [0.717, 1.165) is 25.1 Å². The van der Waals surface area contributed by atoms with Gasteiger partial charge in [-0.25, -0.2) is 0 Å². The highest BCUT2D eigenvalue weighted by Gasteiger charge is 2.33. The first-order valence-electron chi connectivity index (χ1n) is 6.38. The SMILES string of the molecule is CC(CN)(Cc1ccccc1O)N1CCCC1. The van der Waals surface area contributed by atoms with Crippen LogP contribution in [0.3, 0.4) is 0 Å². The highest BCUT2D eigenvalue weighted by Crippen LogP contribution is 2.28. The van der Waals surface area contributed by atoms with E-state index in [2.05, 4.69) is 11.8 Å². The van der Waals surface area contributed by atoms with Gasteiger partial charge in [-0.05, 0) is 50.9 Å². The van der Waals surface area contributed by atoms with Crippen molar-refractivity contribution in [2.75, 3.05) is 19.6 Å². The number of benzene rings is 1. The Morgan fingerprint density at radius 2 is 1.94 bits per heavy atom. The van der Waals surface area contributed by atoms with Gasteiger partial charge in [0.15, 0.2) is 0 Å². The van der Waals surface area contributed by atoms with Crippen LogP contribution >= 0.6 is 0 Å². The van der Waals surface area contributed by atoms with E-state index in [1.807, 2.05) is 18.2 Å². The molecule has 0 spiro atoms.